The molecule has 0 amide bonds. The Bertz CT molecular complexity index is 383. The number of aliphatic carboxylic acids is 1. The van der Waals surface area contributed by atoms with Gasteiger partial charge in [0.15, 0.2) is 0 Å². The number of halogens is 1. The molecule has 0 atom stereocenters. The quantitative estimate of drug-likeness (QED) is 0.850. The minimum atomic E-state index is -0.776. The van der Waals surface area contributed by atoms with Crippen LogP contribution in [0.3, 0.4) is 0 Å². The number of carboxylic acid groups (broad SMARTS) is 1. The fourth-order valence-corrected chi connectivity index (χ4v) is 1.33. The van der Waals surface area contributed by atoms with Gasteiger partial charge in [-0.3, -0.25) is 4.79 Å². The van der Waals surface area contributed by atoms with Crippen LogP contribution in [0.15, 0.2) is 24.3 Å². The Labute approximate surface area is 94.2 Å². The Morgan fingerprint density at radius 1 is 1.53 bits per heavy atom. The zero-order chi connectivity index (χ0) is 11.3. The van der Waals surface area contributed by atoms with E-state index in [2.05, 4.69) is 0 Å². The third kappa shape index (κ3) is 4.17. The maximum Gasteiger partial charge on any atom is 0.303 e. The predicted octanol–water partition coefficient (Wildman–Crippen LogP) is 3.53. The third-order valence-corrected chi connectivity index (χ3v) is 2.44. The second-order valence-electron chi connectivity index (χ2n) is 3.34. The van der Waals surface area contributed by atoms with Crippen molar-refractivity contribution in [3.63, 3.8) is 0 Å². The molecule has 0 aliphatic heterocycles. The molecular weight excluding hydrogens is 212 g/mol. The van der Waals surface area contributed by atoms with Gasteiger partial charge in [0.1, 0.15) is 0 Å². The van der Waals surface area contributed by atoms with Crippen molar-refractivity contribution >= 4 is 23.6 Å². The van der Waals surface area contributed by atoms with Crippen molar-refractivity contribution in [1.82, 2.24) is 0 Å². The van der Waals surface area contributed by atoms with E-state index in [1.54, 1.807) is 0 Å². The molecule has 0 spiro atoms. The highest BCUT2D eigenvalue weighted by Crippen LogP contribution is 2.17. The summed E-state index contributed by atoms with van der Waals surface area (Å²) in [6.45, 7) is 1.94. The van der Waals surface area contributed by atoms with Crippen LogP contribution in [-0.4, -0.2) is 11.1 Å². The van der Waals surface area contributed by atoms with Crippen LogP contribution in [0.5, 0.6) is 0 Å². The average Bonchev–Trinajstić information content (AvgIpc) is 2.18. The summed E-state index contributed by atoms with van der Waals surface area (Å²) in [5.74, 6) is -0.776. The fourth-order valence-electron chi connectivity index (χ4n) is 1.14. The fraction of sp³-hybridized carbons (Fsp3) is 0.250. The first kappa shape index (κ1) is 11.8. The largest absolute Gasteiger partial charge is 0.481 e. The highest BCUT2D eigenvalue weighted by molar-refractivity contribution is 6.31. The summed E-state index contributed by atoms with van der Waals surface area (Å²) < 4.78 is 0. The van der Waals surface area contributed by atoms with Gasteiger partial charge in [-0.15, -0.1) is 0 Å². The molecule has 0 aromatic heterocycles. The molecule has 0 radical (unpaired) electrons. The van der Waals surface area contributed by atoms with E-state index in [1.807, 2.05) is 37.3 Å². The summed E-state index contributed by atoms with van der Waals surface area (Å²) in [6, 6.07) is 5.77. The number of hydrogen-bond acceptors (Lipinski definition) is 1. The molecule has 0 aliphatic carbocycles. The first-order valence-corrected chi connectivity index (χ1v) is 5.12. The van der Waals surface area contributed by atoms with Gasteiger partial charge in [-0.2, -0.15) is 0 Å². The molecule has 2 nitrogen and oxygen atoms in total. The summed E-state index contributed by atoms with van der Waals surface area (Å²) in [7, 11) is 0. The molecule has 1 aromatic carbocycles. The monoisotopic (exact) mass is 224 g/mol. The second kappa shape index (κ2) is 5.56. The Morgan fingerprint density at radius 3 is 2.87 bits per heavy atom. The van der Waals surface area contributed by atoms with Gasteiger partial charge >= 0.3 is 5.97 Å². The van der Waals surface area contributed by atoms with Gasteiger partial charge < -0.3 is 5.11 Å². The summed E-state index contributed by atoms with van der Waals surface area (Å²) >= 11 is 5.95. The molecule has 15 heavy (non-hydrogen) atoms. The smallest absolute Gasteiger partial charge is 0.303 e. The molecule has 0 bridgehead atoms. The van der Waals surface area contributed by atoms with Crippen molar-refractivity contribution in [1.29, 1.82) is 0 Å². The van der Waals surface area contributed by atoms with Crippen LogP contribution in [0.1, 0.15) is 24.0 Å². The Balaban J connectivity index is 2.57. The molecule has 1 aromatic rings. The molecular formula is C12H13ClO2. The predicted molar refractivity (Wildman–Crippen MR) is 62.1 cm³/mol. The van der Waals surface area contributed by atoms with Crippen LogP contribution in [0.25, 0.3) is 6.08 Å². The highest BCUT2D eigenvalue weighted by atomic mass is 35.5. The maximum absolute atomic E-state index is 10.3. The number of allylic oxidation sites excluding steroid dienone is 1. The molecule has 0 heterocycles. The Kier molecular flexibility index (Phi) is 4.37. The first-order chi connectivity index (χ1) is 7.09. The van der Waals surface area contributed by atoms with E-state index < -0.39 is 5.97 Å². The van der Waals surface area contributed by atoms with Crippen molar-refractivity contribution in [2.24, 2.45) is 0 Å². The molecule has 0 unspecified atom stereocenters. The number of rotatable bonds is 4. The van der Waals surface area contributed by atoms with Crippen LogP contribution in [0.4, 0.5) is 0 Å². The van der Waals surface area contributed by atoms with Crippen molar-refractivity contribution in [3.8, 4) is 0 Å². The number of aryl methyl sites for hydroxylation is 1. The summed E-state index contributed by atoms with van der Waals surface area (Å²) in [4.78, 5) is 10.3. The van der Waals surface area contributed by atoms with Gasteiger partial charge in [-0.25, -0.2) is 0 Å². The number of carbonyl (C=O) groups is 1. The number of benzene rings is 1. The van der Waals surface area contributed by atoms with E-state index in [1.165, 1.54) is 0 Å². The van der Waals surface area contributed by atoms with E-state index in [4.69, 9.17) is 16.7 Å². The van der Waals surface area contributed by atoms with Crippen LogP contribution in [0.2, 0.25) is 5.02 Å². The Hall–Kier alpha value is -1.28. The third-order valence-electron chi connectivity index (χ3n) is 2.03. The van der Waals surface area contributed by atoms with Gasteiger partial charge in [0, 0.05) is 11.4 Å². The summed E-state index contributed by atoms with van der Waals surface area (Å²) in [6.07, 6.45) is 4.43. The maximum atomic E-state index is 10.3. The van der Waals surface area contributed by atoms with E-state index >= 15 is 0 Å². The van der Waals surface area contributed by atoms with Crippen molar-refractivity contribution < 1.29 is 9.90 Å². The van der Waals surface area contributed by atoms with Crippen LogP contribution >= 0.6 is 11.6 Å². The lowest BCUT2D eigenvalue weighted by molar-refractivity contribution is -0.136. The minimum Gasteiger partial charge on any atom is -0.481 e. The van der Waals surface area contributed by atoms with Gasteiger partial charge in [0.2, 0.25) is 0 Å². The van der Waals surface area contributed by atoms with Crippen molar-refractivity contribution in [2.75, 3.05) is 0 Å². The first-order valence-electron chi connectivity index (χ1n) is 4.74. The Morgan fingerprint density at radius 2 is 2.27 bits per heavy atom. The van der Waals surface area contributed by atoms with Crippen molar-refractivity contribution in [2.45, 2.75) is 19.8 Å². The van der Waals surface area contributed by atoms with E-state index in [9.17, 15) is 4.79 Å². The van der Waals surface area contributed by atoms with Crippen LogP contribution in [0, 0.1) is 6.92 Å². The van der Waals surface area contributed by atoms with Gasteiger partial charge in [-0.05, 0) is 30.5 Å². The second-order valence-corrected chi connectivity index (χ2v) is 3.75. The zero-order valence-electron chi connectivity index (χ0n) is 8.53. The average molecular weight is 225 g/mol. The molecule has 0 aliphatic rings. The summed E-state index contributed by atoms with van der Waals surface area (Å²) in [5.41, 5.74) is 2.04. The number of carboxylic acids is 1. The molecule has 0 saturated heterocycles. The van der Waals surface area contributed by atoms with Crippen molar-refractivity contribution in [3.05, 3.63) is 40.4 Å². The number of hydrogen-bond donors (Lipinski definition) is 1. The summed E-state index contributed by atoms with van der Waals surface area (Å²) in [5, 5.41) is 9.17. The van der Waals surface area contributed by atoms with E-state index in [-0.39, 0.29) is 6.42 Å². The molecule has 1 N–H and O–H groups in total. The minimum absolute atomic E-state index is 0.163. The molecule has 0 saturated carbocycles. The molecule has 3 heteroatoms. The topological polar surface area (TPSA) is 37.3 Å². The standard InChI is InChI=1S/C12H13ClO2/c1-9-6-7-10(8-11(9)13)4-2-3-5-12(14)15/h2,4,6-8H,3,5H2,1H3,(H,14,15). The molecule has 80 valence electrons. The van der Waals surface area contributed by atoms with Crippen LogP contribution in [-0.2, 0) is 4.79 Å². The van der Waals surface area contributed by atoms with Crippen LogP contribution < -0.4 is 0 Å². The lowest BCUT2D eigenvalue weighted by Gasteiger charge is -1.98. The van der Waals surface area contributed by atoms with E-state index in [0.29, 0.717) is 6.42 Å². The lowest BCUT2D eigenvalue weighted by atomic mass is 10.1. The molecule has 1 rings (SSSR count). The van der Waals surface area contributed by atoms with E-state index in [0.717, 1.165) is 16.1 Å². The van der Waals surface area contributed by atoms with Gasteiger partial charge in [0.25, 0.3) is 0 Å². The normalized spacial score (nSPS) is 10.8. The SMILES string of the molecule is Cc1ccc(C=CCCC(=O)O)cc1Cl. The molecule has 0 fully saturated rings. The van der Waals surface area contributed by atoms with Gasteiger partial charge in [0.05, 0.1) is 0 Å². The van der Waals surface area contributed by atoms with Gasteiger partial charge in [-0.1, -0.05) is 35.9 Å². The lowest BCUT2D eigenvalue weighted by Crippen LogP contribution is -1.91. The highest BCUT2D eigenvalue weighted by Gasteiger charge is 1.95. The zero-order valence-corrected chi connectivity index (χ0v) is 9.29.